The van der Waals surface area contributed by atoms with Gasteiger partial charge in [0.15, 0.2) is 9.57 Å². The third-order valence-corrected chi connectivity index (χ3v) is 8.44. The first kappa shape index (κ1) is 18.6. The van der Waals surface area contributed by atoms with Gasteiger partial charge < -0.3 is 5.11 Å². The molecule has 0 spiro atoms. The Balaban J connectivity index is 2.00. The zero-order valence-electron chi connectivity index (χ0n) is 13.8. The fraction of sp³-hybridized carbons (Fsp3) is 0.375. The highest BCUT2D eigenvalue weighted by molar-refractivity contribution is 7.92. The van der Waals surface area contributed by atoms with E-state index in [1.165, 1.54) is 24.3 Å². The molecule has 1 heterocycles. The lowest BCUT2D eigenvalue weighted by Crippen LogP contribution is -2.35. The minimum atomic E-state index is -4.05. The molecule has 0 amide bonds. The quantitative estimate of drug-likeness (QED) is 0.751. The Morgan fingerprint density at radius 1 is 0.923 bits per heavy atom. The molecule has 0 radical (unpaired) electrons. The van der Waals surface area contributed by atoms with Crippen molar-refractivity contribution < 1.29 is 26.5 Å². The van der Waals surface area contributed by atoms with Crippen LogP contribution in [0.3, 0.4) is 0 Å². The Bertz CT molecular complexity index is 1070. The number of sulfone groups is 2. The summed E-state index contributed by atoms with van der Waals surface area (Å²) in [5.74, 6) is -0.0965. The van der Waals surface area contributed by atoms with E-state index in [0.29, 0.717) is 12.8 Å². The van der Waals surface area contributed by atoms with E-state index < -0.39 is 35.0 Å². The highest BCUT2D eigenvalue weighted by atomic mass is 32.2. The number of aromatic hydroxyl groups is 1. The molecule has 26 heavy (non-hydrogen) atoms. The minimum Gasteiger partial charge on any atom is -0.508 e. The summed E-state index contributed by atoms with van der Waals surface area (Å²) in [5, 5.41) is 9.84. The van der Waals surface area contributed by atoms with Gasteiger partial charge in [-0.1, -0.05) is 19.3 Å². The summed E-state index contributed by atoms with van der Waals surface area (Å²) < 4.78 is 50.4. The third kappa shape index (κ3) is 3.38. The topological polar surface area (TPSA) is 127 Å². The van der Waals surface area contributed by atoms with E-state index in [2.05, 4.69) is 5.10 Å². The first-order valence-electron chi connectivity index (χ1n) is 8.17. The Morgan fingerprint density at radius 2 is 1.54 bits per heavy atom. The van der Waals surface area contributed by atoms with E-state index in [0.717, 1.165) is 31.4 Å². The van der Waals surface area contributed by atoms with Crippen molar-refractivity contribution in [3.8, 4) is 5.75 Å². The second-order valence-electron chi connectivity index (χ2n) is 6.24. The molecule has 10 heteroatoms. The molecule has 1 aliphatic rings. The van der Waals surface area contributed by atoms with Crippen LogP contribution in [0.2, 0.25) is 0 Å². The van der Waals surface area contributed by atoms with Gasteiger partial charge in [-0.05, 0) is 43.2 Å². The van der Waals surface area contributed by atoms with Gasteiger partial charge in [0.1, 0.15) is 5.75 Å². The standard InChI is InChI=1S/C16H18N2O6S2/c19-12-6-8-14(9-7-12)25(21,22)15-10-11-16(18(20)17-15)26(23,24)13-4-2-1-3-5-13/h6-11,13H,1-5H2,(H-,17,19,20)/p+1. The number of hydrogen-bond acceptors (Lipinski definition) is 6. The Labute approximate surface area is 150 Å². The lowest BCUT2D eigenvalue weighted by molar-refractivity contribution is -0.610. The Kier molecular flexibility index (Phi) is 4.89. The van der Waals surface area contributed by atoms with E-state index in [4.69, 9.17) is 0 Å². The van der Waals surface area contributed by atoms with Crippen LogP contribution in [0.25, 0.3) is 0 Å². The largest absolute Gasteiger partial charge is 0.508 e. The molecule has 2 aromatic rings. The molecule has 0 unspecified atom stereocenters. The van der Waals surface area contributed by atoms with Crippen LogP contribution in [-0.4, -0.2) is 32.3 Å². The molecular weight excluding hydrogens is 380 g/mol. The average molecular weight is 399 g/mol. The van der Waals surface area contributed by atoms with E-state index in [9.17, 15) is 26.8 Å². The van der Waals surface area contributed by atoms with Gasteiger partial charge in [-0.25, -0.2) is 16.8 Å². The van der Waals surface area contributed by atoms with Crippen molar-refractivity contribution >= 4 is 19.7 Å². The van der Waals surface area contributed by atoms with Gasteiger partial charge in [0.05, 0.1) is 15.1 Å². The van der Waals surface area contributed by atoms with Crippen LogP contribution < -0.4 is 4.54 Å². The summed E-state index contributed by atoms with van der Waals surface area (Å²) in [6, 6.07) is 6.91. The molecular formula is C16H19N2O6S2+. The summed E-state index contributed by atoms with van der Waals surface area (Å²) in [4.78, 5) is 12.1. The van der Waals surface area contributed by atoms with Gasteiger partial charge in [0, 0.05) is 6.07 Å². The highest BCUT2D eigenvalue weighted by Gasteiger charge is 2.37. The molecule has 0 atom stereocenters. The maximum Gasteiger partial charge on any atom is 0.382 e. The fourth-order valence-electron chi connectivity index (χ4n) is 3.07. The number of nitrogens with zero attached hydrogens (tertiary/aromatic N) is 1. The molecule has 1 saturated carbocycles. The number of H-pyrrole nitrogens is 1. The predicted octanol–water partition coefficient (Wildman–Crippen LogP) is 1.57. The van der Waals surface area contributed by atoms with Crippen molar-refractivity contribution in [2.45, 2.75) is 52.3 Å². The maximum atomic E-state index is 12.7. The number of hydrogen-bond donors (Lipinski definition) is 2. The summed E-state index contributed by atoms with van der Waals surface area (Å²) in [5.41, 5.74) is 0. The predicted molar refractivity (Wildman–Crippen MR) is 91.8 cm³/mol. The number of phenols is 1. The lowest BCUT2D eigenvalue weighted by atomic mass is 10.0. The zero-order valence-corrected chi connectivity index (χ0v) is 15.5. The van der Waals surface area contributed by atoms with Gasteiger partial charge in [0.2, 0.25) is 19.7 Å². The smallest absolute Gasteiger partial charge is 0.382 e. The number of nitrogens with one attached hydrogen (secondary N) is 1. The molecule has 1 aliphatic carbocycles. The van der Waals surface area contributed by atoms with Crippen LogP contribution in [0.1, 0.15) is 32.1 Å². The summed E-state index contributed by atoms with van der Waals surface area (Å²) in [6.45, 7) is 0. The van der Waals surface area contributed by atoms with E-state index in [1.807, 2.05) is 0 Å². The van der Waals surface area contributed by atoms with Crippen molar-refractivity contribution in [2.75, 3.05) is 0 Å². The number of aromatic amines is 1. The Morgan fingerprint density at radius 3 is 2.12 bits per heavy atom. The van der Waals surface area contributed by atoms with Crippen LogP contribution in [0, 0.1) is 4.91 Å². The maximum absolute atomic E-state index is 12.7. The monoisotopic (exact) mass is 399 g/mol. The van der Waals surface area contributed by atoms with Crippen LogP contribution in [-0.2, 0) is 19.7 Å². The number of phenolic OH excluding ortho intramolecular Hbond substituents is 1. The molecule has 0 saturated heterocycles. The van der Waals surface area contributed by atoms with Gasteiger partial charge in [-0.15, -0.1) is 5.10 Å². The van der Waals surface area contributed by atoms with Crippen molar-refractivity contribution in [1.82, 2.24) is 5.10 Å². The summed E-state index contributed by atoms with van der Waals surface area (Å²) in [7, 11) is -7.88. The van der Waals surface area contributed by atoms with Gasteiger partial charge in [-0.2, -0.15) is 0 Å². The van der Waals surface area contributed by atoms with Crippen molar-refractivity contribution in [3.05, 3.63) is 41.3 Å². The first-order chi connectivity index (χ1) is 12.2. The molecule has 8 nitrogen and oxygen atoms in total. The van der Waals surface area contributed by atoms with Crippen LogP contribution >= 0.6 is 0 Å². The molecule has 140 valence electrons. The Hall–Kier alpha value is -2.20. The SMILES string of the molecule is O=[n+]1[nH]c(S(=O)(=O)c2ccc(O)cc2)ccc1S(=O)(=O)C1CCCCC1. The lowest BCUT2D eigenvalue weighted by Gasteiger charge is -2.18. The third-order valence-electron chi connectivity index (χ3n) is 4.51. The van der Waals surface area contributed by atoms with E-state index in [-0.39, 0.29) is 15.2 Å². The molecule has 0 bridgehead atoms. The summed E-state index contributed by atoms with van der Waals surface area (Å²) >= 11 is 0. The number of rotatable bonds is 4. The average Bonchev–Trinajstić information content (AvgIpc) is 2.62. The second kappa shape index (κ2) is 6.84. The highest BCUT2D eigenvalue weighted by Crippen LogP contribution is 2.27. The number of aromatic nitrogens is 2. The molecule has 3 rings (SSSR count). The van der Waals surface area contributed by atoms with Crippen molar-refractivity contribution in [2.24, 2.45) is 0 Å². The molecule has 2 N–H and O–H groups in total. The van der Waals surface area contributed by atoms with E-state index >= 15 is 0 Å². The molecule has 1 fully saturated rings. The van der Waals surface area contributed by atoms with Gasteiger partial charge in [0.25, 0.3) is 0 Å². The van der Waals surface area contributed by atoms with Crippen LogP contribution in [0.5, 0.6) is 5.75 Å². The van der Waals surface area contributed by atoms with E-state index in [1.54, 1.807) is 0 Å². The number of benzene rings is 1. The van der Waals surface area contributed by atoms with Crippen molar-refractivity contribution in [1.29, 1.82) is 0 Å². The second-order valence-corrected chi connectivity index (χ2v) is 10.3. The summed E-state index contributed by atoms with van der Waals surface area (Å²) in [6.07, 6.45) is 3.55. The first-order valence-corrected chi connectivity index (χ1v) is 11.2. The zero-order chi connectivity index (χ0) is 18.9. The molecule has 0 aliphatic heterocycles. The van der Waals surface area contributed by atoms with Gasteiger partial charge >= 0.3 is 5.03 Å². The normalized spacial score (nSPS) is 16.5. The minimum absolute atomic E-state index is 0.00274. The van der Waals surface area contributed by atoms with Crippen LogP contribution in [0.4, 0.5) is 0 Å². The van der Waals surface area contributed by atoms with Crippen LogP contribution in [0.15, 0.2) is 51.3 Å². The fourth-order valence-corrected chi connectivity index (χ4v) is 6.09. The molecule has 1 aromatic heterocycles. The van der Waals surface area contributed by atoms with Gasteiger partial charge in [-0.3, -0.25) is 0 Å². The molecule has 1 aromatic carbocycles. The van der Waals surface area contributed by atoms with Crippen molar-refractivity contribution in [3.63, 3.8) is 0 Å².